The van der Waals surface area contributed by atoms with E-state index < -0.39 is 0 Å². The van der Waals surface area contributed by atoms with Crippen molar-refractivity contribution < 1.29 is 5.11 Å². The van der Waals surface area contributed by atoms with E-state index in [0.29, 0.717) is 16.2 Å². The smallest absolute Gasteiger partial charge is 0.107 e. The molecule has 1 fully saturated rings. The highest BCUT2D eigenvalue weighted by Gasteiger charge is 2.17. The lowest BCUT2D eigenvalue weighted by molar-refractivity contribution is 0.337. The maximum atomic E-state index is 8.84. The van der Waals surface area contributed by atoms with Gasteiger partial charge >= 0.3 is 0 Å². The Labute approximate surface area is 80.5 Å². The summed E-state index contributed by atoms with van der Waals surface area (Å²) in [5, 5.41) is 8.84. The quantitative estimate of drug-likeness (QED) is 0.719. The van der Waals surface area contributed by atoms with Crippen LogP contribution in [0.3, 0.4) is 0 Å². The molecule has 0 radical (unpaired) electrons. The molecule has 0 bridgehead atoms. The van der Waals surface area contributed by atoms with Gasteiger partial charge in [0.15, 0.2) is 0 Å². The third kappa shape index (κ3) is 2.32. The normalized spacial score (nSPS) is 20.8. The van der Waals surface area contributed by atoms with Crippen molar-refractivity contribution in [3.63, 3.8) is 0 Å². The molecule has 0 atom stereocenters. The second kappa shape index (κ2) is 4.62. The van der Waals surface area contributed by atoms with Gasteiger partial charge in [0.2, 0.25) is 0 Å². The van der Waals surface area contributed by atoms with Gasteiger partial charge in [0, 0.05) is 11.8 Å². The lowest BCUT2D eigenvalue weighted by Crippen LogP contribution is -2.17. The van der Waals surface area contributed by atoms with Crippen molar-refractivity contribution in [2.45, 2.75) is 25.3 Å². The van der Waals surface area contributed by atoms with Crippen LogP contribution in [-0.4, -0.2) is 22.4 Å². The van der Waals surface area contributed by atoms with E-state index in [0.717, 1.165) is 12.8 Å². The summed E-state index contributed by atoms with van der Waals surface area (Å²) in [5.41, 5.74) is 5.94. The number of rotatable bonds is 3. The number of hydrogen-bond donors (Lipinski definition) is 2. The molecule has 0 spiro atoms. The number of hydrogen-bond acceptors (Lipinski definition) is 3. The minimum Gasteiger partial charge on any atom is -0.404 e. The highest BCUT2D eigenvalue weighted by molar-refractivity contribution is 9.18. The maximum absolute atomic E-state index is 8.84. The van der Waals surface area contributed by atoms with Crippen molar-refractivity contribution in [2.75, 3.05) is 6.61 Å². The van der Waals surface area contributed by atoms with Crippen LogP contribution in [0.15, 0.2) is 16.8 Å². The van der Waals surface area contributed by atoms with Crippen LogP contribution in [0.2, 0.25) is 0 Å². The molecular weight excluding hydrogens is 220 g/mol. The largest absolute Gasteiger partial charge is 0.404 e. The van der Waals surface area contributed by atoms with Crippen molar-refractivity contribution >= 4 is 20.6 Å². The number of aliphatic hydroxyl groups excluding tert-OH is 1. The topological polar surface area (TPSA) is 58.6 Å². The van der Waals surface area contributed by atoms with E-state index in [1.807, 2.05) is 0 Å². The van der Waals surface area contributed by atoms with Crippen molar-refractivity contribution in [1.29, 1.82) is 0 Å². The first-order valence-corrected chi connectivity index (χ1v) is 4.82. The van der Waals surface area contributed by atoms with E-state index >= 15 is 0 Å². The molecule has 12 heavy (non-hydrogen) atoms. The lowest BCUT2D eigenvalue weighted by Gasteiger charge is -2.21. The summed E-state index contributed by atoms with van der Waals surface area (Å²) in [7, 11) is 0. The van der Waals surface area contributed by atoms with Crippen LogP contribution in [0.1, 0.15) is 19.3 Å². The molecule has 0 aromatic rings. The van der Waals surface area contributed by atoms with E-state index in [-0.39, 0.29) is 6.61 Å². The minimum absolute atomic E-state index is 0.0622. The molecular formula is C8H13BrN2O. The molecule has 3 nitrogen and oxygen atoms in total. The van der Waals surface area contributed by atoms with Gasteiger partial charge in [-0.05, 0) is 35.2 Å². The first-order chi connectivity index (χ1) is 5.77. The molecule has 0 aromatic carbocycles. The molecule has 1 aliphatic carbocycles. The second-order valence-electron chi connectivity index (χ2n) is 2.85. The zero-order chi connectivity index (χ0) is 8.97. The Balaban J connectivity index is 2.54. The fourth-order valence-electron chi connectivity index (χ4n) is 0.946. The molecule has 1 saturated carbocycles. The van der Waals surface area contributed by atoms with E-state index in [1.54, 1.807) is 0 Å². The average molecular weight is 233 g/mol. The Morgan fingerprint density at radius 2 is 2.33 bits per heavy atom. The predicted octanol–water partition coefficient (Wildman–Crippen LogP) is 1.17. The van der Waals surface area contributed by atoms with Crippen LogP contribution < -0.4 is 5.73 Å². The van der Waals surface area contributed by atoms with Gasteiger partial charge in [-0.1, -0.05) is 0 Å². The van der Waals surface area contributed by atoms with E-state index in [4.69, 9.17) is 10.8 Å². The Kier molecular flexibility index (Phi) is 3.75. The highest BCUT2D eigenvalue weighted by Crippen LogP contribution is 2.23. The number of nitrogens with zero attached hydrogens (tertiary/aromatic N) is 1. The first kappa shape index (κ1) is 9.74. The minimum atomic E-state index is -0.0622. The van der Waals surface area contributed by atoms with Gasteiger partial charge < -0.3 is 10.8 Å². The Hall–Kier alpha value is -0.350. The Bertz CT molecular complexity index is 209. The molecule has 1 rings (SSSR count). The Morgan fingerprint density at radius 3 is 2.67 bits per heavy atom. The predicted molar refractivity (Wildman–Crippen MR) is 53.4 cm³/mol. The standard InChI is InChI=1S/C8H13BrN2O/c9-8(6(4-10)5-12)11-7-2-1-3-7/h4,7,12H,1-3,5,10H2. The van der Waals surface area contributed by atoms with Crippen LogP contribution in [-0.2, 0) is 0 Å². The molecule has 68 valence electrons. The summed E-state index contributed by atoms with van der Waals surface area (Å²) in [4.78, 5) is 4.35. The monoisotopic (exact) mass is 232 g/mol. The molecule has 4 heteroatoms. The lowest BCUT2D eigenvalue weighted by atomic mass is 9.94. The summed E-state index contributed by atoms with van der Waals surface area (Å²) in [6.45, 7) is -0.0622. The third-order valence-electron chi connectivity index (χ3n) is 2.01. The zero-order valence-electron chi connectivity index (χ0n) is 6.83. The van der Waals surface area contributed by atoms with Gasteiger partial charge in [-0.2, -0.15) is 0 Å². The molecule has 0 heterocycles. The fraction of sp³-hybridized carbons (Fsp3) is 0.625. The van der Waals surface area contributed by atoms with Crippen LogP contribution in [0, 0.1) is 0 Å². The molecule has 1 aliphatic rings. The average Bonchev–Trinajstić information content (AvgIpc) is 1.99. The van der Waals surface area contributed by atoms with E-state index in [9.17, 15) is 0 Å². The summed E-state index contributed by atoms with van der Waals surface area (Å²) >= 11 is 3.28. The van der Waals surface area contributed by atoms with Gasteiger partial charge in [-0.25, -0.2) is 0 Å². The van der Waals surface area contributed by atoms with E-state index in [1.165, 1.54) is 12.6 Å². The molecule has 3 N–H and O–H groups in total. The van der Waals surface area contributed by atoms with E-state index in [2.05, 4.69) is 20.9 Å². The molecule has 0 amide bonds. The summed E-state index contributed by atoms with van der Waals surface area (Å²) in [5.74, 6) is 0. The number of aliphatic imine (C=N–C) groups is 1. The van der Waals surface area contributed by atoms with Crippen LogP contribution in [0.25, 0.3) is 0 Å². The molecule has 0 aromatic heterocycles. The Morgan fingerprint density at radius 1 is 1.67 bits per heavy atom. The van der Waals surface area contributed by atoms with Crippen LogP contribution >= 0.6 is 15.9 Å². The van der Waals surface area contributed by atoms with Crippen molar-refractivity contribution in [3.05, 3.63) is 11.8 Å². The first-order valence-electron chi connectivity index (χ1n) is 4.03. The van der Waals surface area contributed by atoms with Crippen LogP contribution in [0.5, 0.6) is 0 Å². The maximum Gasteiger partial charge on any atom is 0.107 e. The number of aliphatic hydroxyl groups is 1. The fourth-order valence-corrected chi connectivity index (χ4v) is 1.49. The van der Waals surface area contributed by atoms with Gasteiger partial charge in [0.25, 0.3) is 0 Å². The van der Waals surface area contributed by atoms with Gasteiger partial charge in [-0.15, -0.1) is 0 Å². The molecule has 0 unspecified atom stereocenters. The van der Waals surface area contributed by atoms with Crippen molar-refractivity contribution in [1.82, 2.24) is 0 Å². The summed E-state index contributed by atoms with van der Waals surface area (Å²) < 4.78 is 0.692. The van der Waals surface area contributed by atoms with Gasteiger partial charge in [-0.3, -0.25) is 4.99 Å². The zero-order valence-corrected chi connectivity index (χ0v) is 8.42. The van der Waals surface area contributed by atoms with Crippen LogP contribution in [0.4, 0.5) is 0 Å². The SMILES string of the molecule is NC=C(CO)C(Br)=NC1CCC1. The number of nitrogens with two attached hydrogens (primary N) is 1. The van der Waals surface area contributed by atoms with Crippen molar-refractivity contribution in [2.24, 2.45) is 10.7 Å². The molecule has 0 aliphatic heterocycles. The third-order valence-corrected chi connectivity index (χ3v) is 2.72. The van der Waals surface area contributed by atoms with Gasteiger partial charge in [0.1, 0.15) is 4.62 Å². The summed E-state index contributed by atoms with van der Waals surface area (Å²) in [6, 6.07) is 0.431. The molecule has 0 saturated heterocycles. The number of halogens is 1. The summed E-state index contributed by atoms with van der Waals surface area (Å²) in [6.07, 6.45) is 4.94. The highest BCUT2D eigenvalue weighted by atomic mass is 79.9. The van der Waals surface area contributed by atoms with Crippen molar-refractivity contribution in [3.8, 4) is 0 Å². The van der Waals surface area contributed by atoms with Gasteiger partial charge in [0.05, 0.1) is 12.6 Å². The second-order valence-corrected chi connectivity index (χ2v) is 3.61.